The predicted octanol–water partition coefficient (Wildman–Crippen LogP) is 2.40. The Morgan fingerprint density at radius 1 is 1.21 bits per heavy atom. The Labute approximate surface area is 145 Å². The second-order valence-corrected chi connectivity index (χ2v) is 8.34. The van der Waals surface area contributed by atoms with Gasteiger partial charge in [0.1, 0.15) is 0 Å². The smallest absolute Gasteiger partial charge is 0.253 e. The van der Waals surface area contributed by atoms with Gasteiger partial charge >= 0.3 is 0 Å². The normalized spacial score (nSPS) is 19.0. The number of hydrogen-bond acceptors (Lipinski definition) is 5. The summed E-state index contributed by atoms with van der Waals surface area (Å²) in [7, 11) is -3.03. The number of anilines is 2. The van der Waals surface area contributed by atoms with Crippen LogP contribution in [-0.2, 0) is 9.84 Å². The van der Waals surface area contributed by atoms with Gasteiger partial charge in [0.2, 0.25) is 0 Å². The van der Waals surface area contributed by atoms with E-state index in [2.05, 4.69) is 15.6 Å². The van der Waals surface area contributed by atoms with E-state index in [4.69, 9.17) is 11.6 Å². The second-order valence-electron chi connectivity index (χ2n) is 5.67. The quantitative estimate of drug-likeness (QED) is 0.868. The number of carbonyl (C=O) groups excluding carboxylic acids is 1. The maximum atomic E-state index is 12.3. The molecule has 1 aliphatic heterocycles. The topological polar surface area (TPSA) is 88.2 Å². The highest BCUT2D eigenvalue weighted by atomic mass is 35.5. The zero-order chi connectivity index (χ0) is 17.2. The molecule has 1 fully saturated rings. The molecular formula is C16H16ClN3O3S. The van der Waals surface area contributed by atoms with Crippen LogP contribution in [0.15, 0.2) is 42.7 Å². The van der Waals surface area contributed by atoms with Gasteiger partial charge in [-0.2, -0.15) is 0 Å². The van der Waals surface area contributed by atoms with Crippen molar-refractivity contribution in [1.82, 2.24) is 10.3 Å². The SMILES string of the molecule is O=C(NC1CCS(=O)(=O)C1)c1cncc(Nc2cccc(Cl)c2)c1. The summed E-state index contributed by atoms with van der Waals surface area (Å²) in [6.07, 6.45) is 3.49. The molecule has 2 aromatic rings. The zero-order valence-corrected chi connectivity index (χ0v) is 14.3. The lowest BCUT2D eigenvalue weighted by Gasteiger charge is -2.12. The molecule has 2 N–H and O–H groups in total. The van der Waals surface area contributed by atoms with Crippen LogP contribution in [0.25, 0.3) is 0 Å². The van der Waals surface area contributed by atoms with Gasteiger partial charge in [-0.3, -0.25) is 9.78 Å². The van der Waals surface area contributed by atoms with Gasteiger partial charge in [-0.25, -0.2) is 8.42 Å². The molecule has 1 aliphatic rings. The first-order valence-electron chi connectivity index (χ1n) is 7.40. The molecule has 8 heteroatoms. The average Bonchev–Trinajstić information content (AvgIpc) is 2.86. The van der Waals surface area contributed by atoms with Crippen molar-refractivity contribution in [2.75, 3.05) is 16.8 Å². The van der Waals surface area contributed by atoms with Crippen LogP contribution >= 0.6 is 11.6 Å². The van der Waals surface area contributed by atoms with Crippen molar-refractivity contribution >= 4 is 38.7 Å². The molecule has 2 heterocycles. The number of aromatic nitrogens is 1. The van der Waals surface area contributed by atoms with Crippen LogP contribution in [0.1, 0.15) is 16.8 Å². The molecule has 1 amide bonds. The first-order valence-corrected chi connectivity index (χ1v) is 9.60. The van der Waals surface area contributed by atoms with Gasteiger partial charge in [0.25, 0.3) is 5.91 Å². The van der Waals surface area contributed by atoms with Crippen LogP contribution in [0, 0.1) is 0 Å². The van der Waals surface area contributed by atoms with Crippen LogP contribution in [0.3, 0.4) is 0 Å². The fourth-order valence-corrected chi connectivity index (χ4v) is 4.41. The maximum Gasteiger partial charge on any atom is 0.253 e. The fourth-order valence-electron chi connectivity index (χ4n) is 2.54. The molecule has 1 atom stereocenters. The van der Waals surface area contributed by atoms with Crippen LogP contribution in [0.2, 0.25) is 5.02 Å². The molecule has 0 aliphatic carbocycles. The van der Waals surface area contributed by atoms with Crippen molar-refractivity contribution in [2.45, 2.75) is 12.5 Å². The number of nitrogens with one attached hydrogen (secondary N) is 2. The van der Waals surface area contributed by atoms with Crippen molar-refractivity contribution in [1.29, 1.82) is 0 Å². The van der Waals surface area contributed by atoms with Gasteiger partial charge in [0.05, 0.1) is 29.0 Å². The van der Waals surface area contributed by atoms with Gasteiger partial charge in [-0.15, -0.1) is 0 Å². The highest BCUT2D eigenvalue weighted by Crippen LogP contribution is 2.20. The molecular weight excluding hydrogens is 350 g/mol. The highest BCUT2D eigenvalue weighted by Gasteiger charge is 2.29. The summed E-state index contributed by atoms with van der Waals surface area (Å²) in [5, 5.41) is 6.47. The molecule has 0 spiro atoms. The van der Waals surface area contributed by atoms with E-state index in [0.717, 1.165) is 5.69 Å². The number of halogens is 1. The van der Waals surface area contributed by atoms with Gasteiger partial charge < -0.3 is 10.6 Å². The number of rotatable bonds is 4. The lowest BCUT2D eigenvalue weighted by Crippen LogP contribution is -2.35. The minimum atomic E-state index is -3.03. The number of hydrogen-bond donors (Lipinski definition) is 2. The molecule has 3 rings (SSSR count). The van der Waals surface area contributed by atoms with E-state index in [0.29, 0.717) is 22.7 Å². The van der Waals surface area contributed by atoms with Crippen LogP contribution in [0.5, 0.6) is 0 Å². The van der Waals surface area contributed by atoms with Crippen molar-refractivity contribution < 1.29 is 13.2 Å². The van der Waals surface area contributed by atoms with Crippen LogP contribution in [0.4, 0.5) is 11.4 Å². The second kappa shape index (κ2) is 6.78. The average molecular weight is 366 g/mol. The summed E-state index contributed by atoms with van der Waals surface area (Å²) in [5.74, 6) is -0.224. The summed E-state index contributed by atoms with van der Waals surface area (Å²) in [6.45, 7) is 0. The van der Waals surface area contributed by atoms with Crippen LogP contribution < -0.4 is 10.6 Å². The van der Waals surface area contributed by atoms with E-state index >= 15 is 0 Å². The third-order valence-corrected chi connectivity index (χ3v) is 5.68. The molecule has 1 saturated heterocycles. The largest absolute Gasteiger partial charge is 0.354 e. The molecule has 1 aromatic heterocycles. The van der Waals surface area contributed by atoms with Crippen molar-refractivity contribution in [3.63, 3.8) is 0 Å². The number of nitrogens with zero attached hydrogens (tertiary/aromatic N) is 1. The minimum Gasteiger partial charge on any atom is -0.354 e. The minimum absolute atomic E-state index is 0.00732. The molecule has 0 radical (unpaired) electrons. The third kappa shape index (κ3) is 4.24. The van der Waals surface area contributed by atoms with Gasteiger partial charge in [-0.1, -0.05) is 17.7 Å². The molecule has 1 aromatic carbocycles. The van der Waals surface area contributed by atoms with E-state index in [-0.39, 0.29) is 23.5 Å². The zero-order valence-electron chi connectivity index (χ0n) is 12.7. The van der Waals surface area contributed by atoms with Gasteiger partial charge in [-0.05, 0) is 30.7 Å². The van der Waals surface area contributed by atoms with Crippen molar-refractivity contribution in [3.8, 4) is 0 Å². The lowest BCUT2D eigenvalue weighted by atomic mass is 10.2. The van der Waals surface area contributed by atoms with Crippen LogP contribution in [-0.4, -0.2) is 36.9 Å². The van der Waals surface area contributed by atoms with E-state index in [9.17, 15) is 13.2 Å². The Bertz CT molecular complexity index is 870. The molecule has 1 unspecified atom stereocenters. The summed E-state index contributed by atoms with van der Waals surface area (Å²) < 4.78 is 22.9. The molecule has 0 saturated carbocycles. The van der Waals surface area contributed by atoms with Crippen molar-refractivity contribution in [2.24, 2.45) is 0 Å². The number of amides is 1. The third-order valence-electron chi connectivity index (χ3n) is 3.68. The Balaban J connectivity index is 1.69. The standard InChI is InChI=1S/C16H16ClN3O3S/c17-12-2-1-3-13(7-12)19-15-6-11(8-18-9-15)16(21)20-14-4-5-24(22,23)10-14/h1-3,6-9,14,19H,4-5,10H2,(H,20,21). The van der Waals surface area contributed by atoms with E-state index < -0.39 is 9.84 Å². The Kier molecular flexibility index (Phi) is 4.73. The highest BCUT2D eigenvalue weighted by molar-refractivity contribution is 7.91. The van der Waals surface area contributed by atoms with Gasteiger partial charge in [0, 0.05) is 22.9 Å². The summed E-state index contributed by atoms with van der Waals surface area (Å²) in [5.41, 5.74) is 1.79. The Morgan fingerprint density at radius 3 is 2.75 bits per heavy atom. The summed E-state index contributed by atoms with van der Waals surface area (Å²) in [6, 6.07) is 8.51. The number of carbonyl (C=O) groups is 1. The predicted molar refractivity (Wildman–Crippen MR) is 93.5 cm³/mol. The summed E-state index contributed by atoms with van der Waals surface area (Å²) in [4.78, 5) is 16.3. The summed E-state index contributed by atoms with van der Waals surface area (Å²) >= 11 is 5.94. The van der Waals surface area contributed by atoms with Gasteiger partial charge in [0.15, 0.2) is 9.84 Å². The molecule has 0 bridgehead atoms. The molecule has 6 nitrogen and oxygen atoms in total. The first-order chi connectivity index (χ1) is 11.4. The van der Waals surface area contributed by atoms with E-state index in [1.807, 2.05) is 12.1 Å². The van der Waals surface area contributed by atoms with E-state index in [1.54, 1.807) is 24.4 Å². The molecule has 24 heavy (non-hydrogen) atoms. The number of sulfone groups is 1. The monoisotopic (exact) mass is 365 g/mol. The van der Waals surface area contributed by atoms with E-state index in [1.165, 1.54) is 6.20 Å². The lowest BCUT2D eigenvalue weighted by molar-refractivity contribution is 0.0941. The number of benzene rings is 1. The fraction of sp³-hybridized carbons (Fsp3) is 0.250. The maximum absolute atomic E-state index is 12.3. The Hall–Kier alpha value is -2.12. The molecule has 126 valence electrons. The number of pyridine rings is 1. The van der Waals surface area contributed by atoms with Crippen molar-refractivity contribution in [3.05, 3.63) is 53.3 Å². The Morgan fingerprint density at radius 2 is 2.04 bits per heavy atom. The first kappa shape index (κ1) is 16.7.